The summed E-state index contributed by atoms with van der Waals surface area (Å²) in [7, 11) is 2.25. The Morgan fingerprint density at radius 3 is 2.90 bits per heavy atom. The molecule has 1 aromatic rings. The summed E-state index contributed by atoms with van der Waals surface area (Å²) in [6.45, 7) is 8.80. The molecule has 0 aromatic carbocycles. The van der Waals surface area contributed by atoms with Crippen LogP contribution in [0.1, 0.15) is 45.0 Å². The Balaban J connectivity index is 2.33. The minimum atomic E-state index is 0.321. The van der Waals surface area contributed by atoms with Gasteiger partial charge in [-0.2, -0.15) is 16.9 Å². The monoisotopic (exact) mass is 374 g/mol. The predicted octanol–water partition coefficient (Wildman–Crippen LogP) is 3.31. The summed E-state index contributed by atoms with van der Waals surface area (Å²) in [5.41, 5.74) is 1.29. The Labute approximate surface area is 141 Å². The molecule has 1 saturated heterocycles. The van der Waals surface area contributed by atoms with E-state index in [4.69, 9.17) is 0 Å². The fraction of sp³-hybridized carbons (Fsp3) is 0.800. The summed E-state index contributed by atoms with van der Waals surface area (Å²) in [5.74, 6) is 2.41. The van der Waals surface area contributed by atoms with Crippen LogP contribution in [0.4, 0.5) is 0 Å². The van der Waals surface area contributed by atoms with Gasteiger partial charge >= 0.3 is 0 Å². The molecule has 1 aliphatic heterocycles. The topological polar surface area (TPSA) is 33.1 Å². The highest BCUT2D eigenvalue weighted by atomic mass is 79.9. The number of hydrogen-bond donors (Lipinski definition) is 1. The lowest BCUT2D eigenvalue weighted by Crippen LogP contribution is -2.48. The maximum Gasteiger partial charge on any atom is 0.0715 e. The Morgan fingerprint density at radius 2 is 2.29 bits per heavy atom. The summed E-state index contributed by atoms with van der Waals surface area (Å²) in [6.07, 6.45) is 3.08. The first-order valence-corrected chi connectivity index (χ1v) is 9.75. The van der Waals surface area contributed by atoms with Gasteiger partial charge in [-0.1, -0.05) is 6.92 Å². The van der Waals surface area contributed by atoms with E-state index in [9.17, 15) is 0 Å². The van der Waals surface area contributed by atoms with E-state index in [0.29, 0.717) is 18.1 Å². The van der Waals surface area contributed by atoms with Gasteiger partial charge in [-0.15, -0.1) is 0 Å². The molecule has 2 rings (SSSR count). The first kappa shape index (κ1) is 17.3. The maximum atomic E-state index is 4.57. The van der Waals surface area contributed by atoms with E-state index in [1.807, 2.05) is 6.20 Å². The van der Waals surface area contributed by atoms with Crippen molar-refractivity contribution in [3.8, 4) is 0 Å². The molecule has 1 fully saturated rings. The molecule has 6 heteroatoms. The van der Waals surface area contributed by atoms with Crippen molar-refractivity contribution in [1.82, 2.24) is 20.0 Å². The van der Waals surface area contributed by atoms with Crippen molar-refractivity contribution in [2.24, 2.45) is 0 Å². The van der Waals surface area contributed by atoms with Gasteiger partial charge in [-0.3, -0.25) is 9.58 Å². The van der Waals surface area contributed by atoms with Crippen LogP contribution in [0.3, 0.4) is 0 Å². The van der Waals surface area contributed by atoms with Crippen molar-refractivity contribution in [3.63, 3.8) is 0 Å². The summed E-state index contributed by atoms with van der Waals surface area (Å²) in [4.78, 5) is 2.49. The van der Waals surface area contributed by atoms with Crippen LogP contribution >= 0.6 is 27.7 Å². The summed E-state index contributed by atoms with van der Waals surface area (Å²) >= 11 is 5.78. The SMILES string of the molecule is CCCNC(c1c(Br)cnn1C(C)C)C1CSCCN1C. The van der Waals surface area contributed by atoms with Crippen molar-refractivity contribution < 1.29 is 0 Å². The van der Waals surface area contributed by atoms with E-state index in [1.165, 1.54) is 17.2 Å². The number of halogens is 1. The van der Waals surface area contributed by atoms with Crippen LogP contribution in [-0.2, 0) is 0 Å². The molecule has 21 heavy (non-hydrogen) atoms. The smallest absolute Gasteiger partial charge is 0.0715 e. The first-order valence-electron chi connectivity index (χ1n) is 7.80. The average molecular weight is 375 g/mol. The van der Waals surface area contributed by atoms with Gasteiger partial charge in [0.25, 0.3) is 0 Å². The van der Waals surface area contributed by atoms with E-state index in [-0.39, 0.29) is 0 Å². The second kappa shape index (κ2) is 7.99. The largest absolute Gasteiger partial charge is 0.307 e. The number of thioether (sulfide) groups is 1. The maximum absolute atomic E-state index is 4.57. The zero-order valence-electron chi connectivity index (χ0n) is 13.5. The van der Waals surface area contributed by atoms with E-state index in [2.05, 4.69) is 75.5 Å². The molecular formula is C15H27BrN4S. The fourth-order valence-electron chi connectivity index (χ4n) is 2.82. The van der Waals surface area contributed by atoms with Crippen molar-refractivity contribution in [1.29, 1.82) is 0 Å². The Hall–Kier alpha value is -0.0400. The summed E-state index contributed by atoms with van der Waals surface area (Å²) in [5, 5.41) is 8.33. The van der Waals surface area contributed by atoms with Gasteiger partial charge < -0.3 is 5.32 Å². The third-order valence-corrected chi connectivity index (χ3v) is 5.67. The molecule has 1 aromatic heterocycles. The van der Waals surface area contributed by atoms with Crippen molar-refractivity contribution in [2.75, 3.05) is 31.6 Å². The molecule has 2 unspecified atom stereocenters. The molecule has 0 radical (unpaired) electrons. The van der Waals surface area contributed by atoms with E-state index >= 15 is 0 Å². The Bertz CT molecular complexity index is 449. The van der Waals surface area contributed by atoms with Crippen molar-refractivity contribution >= 4 is 27.7 Å². The van der Waals surface area contributed by atoms with Crippen LogP contribution in [-0.4, -0.2) is 52.4 Å². The Kier molecular flexibility index (Phi) is 6.59. The van der Waals surface area contributed by atoms with Gasteiger partial charge in [-0.05, 0) is 49.8 Å². The molecule has 120 valence electrons. The van der Waals surface area contributed by atoms with Crippen LogP contribution in [0.2, 0.25) is 0 Å². The second-order valence-electron chi connectivity index (χ2n) is 5.97. The van der Waals surface area contributed by atoms with E-state index in [1.54, 1.807) is 0 Å². The van der Waals surface area contributed by atoms with Gasteiger partial charge in [0.15, 0.2) is 0 Å². The molecule has 4 nitrogen and oxygen atoms in total. The lowest BCUT2D eigenvalue weighted by Gasteiger charge is -2.38. The Morgan fingerprint density at radius 1 is 1.52 bits per heavy atom. The highest BCUT2D eigenvalue weighted by Gasteiger charge is 2.32. The van der Waals surface area contributed by atoms with Gasteiger partial charge in [0.05, 0.1) is 22.4 Å². The zero-order chi connectivity index (χ0) is 15.4. The van der Waals surface area contributed by atoms with Gasteiger partial charge in [0, 0.05) is 30.1 Å². The summed E-state index contributed by atoms with van der Waals surface area (Å²) < 4.78 is 3.28. The average Bonchev–Trinajstić information content (AvgIpc) is 2.83. The van der Waals surface area contributed by atoms with Crippen LogP contribution in [0.5, 0.6) is 0 Å². The number of hydrogen-bond acceptors (Lipinski definition) is 4. The normalized spacial score (nSPS) is 21.9. The first-order chi connectivity index (χ1) is 10.1. The standard InChI is InChI=1S/C15H27BrN4S/c1-5-6-17-14(13-10-21-8-7-19(13)4)15-12(16)9-18-20(15)11(2)3/h9,11,13-14,17H,5-8,10H2,1-4H3. The van der Waals surface area contributed by atoms with Gasteiger partial charge in [0.1, 0.15) is 0 Å². The zero-order valence-corrected chi connectivity index (χ0v) is 15.9. The quantitative estimate of drug-likeness (QED) is 0.827. The molecule has 2 atom stereocenters. The van der Waals surface area contributed by atoms with E-state index in [0.717, 1.165) is 24.0 Å². The minimum absolute atomic E-state index is 0.321. The van der Waals surface area contributed by atoms with Crippen LogP contribution < -0.4 is 5.32 Å². The lowest BCUT2D eigenvalue weighted by atomic mass is 10.0. The number of nitrogens with one attached hydrogen (secondary N) is 1. The van der Waals surface area contributed by atoms with Crippen molar-refractivity contribution in [2.45, 2.75) is 45.3 Å². The number of likely N-dealkylation sites (N-methyl/N-ethyl adjacent to an activating group) is 1. The van der Waals surface area contributed by atoms with Crippen LogP contribution in [0, 0.1) is 0 Å². The third kappa shape index (κ3) is 4.03. The molecule has 1 N–H and O–H groups in total. The van der Waals surface area contributed by atoms with Crippen molar-refractivity contribution in [3.05, 3.63) is 16.4 Å². The minimum Gasteiger partial charge on any atom is -0.307 e. The van der Waals surface area contributed by atoms with Crippen LogP contribution in [0.15, 0.2) is 10.7 Å². The highest BCUT2D eigenvalue weighted by Crippen LogP contribution is 2.32. The lowest BCUT2D eigenvalue weighted by molar-refractivity contribution is 0.208. The third-order valence-electron chi connectivity index (χ3n) is 4.01. The molecular weight excluding hydrogens is 348 g/mol. The molecule has 1 aliphatic rings. The fourth-order valence-corrected chi connectivity index (χ4v) is 4.62. The van der Waals surface area contributed by atoms with Gasteiger partial charge in [-0.25, -0.2) is 0 Å². The van der Waals surface area contributed by atoms with Gasteiger partial charge in [0.2, 0.25) is 0 Å². The van der Waals surface area contributed by atoms with Crippen LogP contribution in [0.25, 0.3) is 0 Å². The molecule has 0 aliphatic carbocycles. The number of aromatic nitrogens is 2. The highest BCUT2D eigenvalue weighted by molar-refractivity contribution is 9.10. The molecule has 2 heterocycles. The molecule has 0 saturated carbocycles. The molecule has 0 bridgehead atoms. The predicted molar refractivity (Wildman–Crippen MR) is 95.1 cm³/mol. The number of rotatable bonds is 6. The second-order valence-corrected chi connectivity index (χ2v) is 7.97. The molecule has 0 spiro atoms. The number of nitrogens with zero attached hydrogens (tertiary/aromatic N) is 3. The molecule has 0 amide bonds. The van der Waals surface area contributed by atoms with E-state index < -0.39 is 0 Å². The summed E-state index contributed by atoms with van der Waals surface area (Å²) in [6, 6.07) is 1.21.